The van der Waals surface area contributed by atoms with Gasteiger partial charge in [0.25, 0.3) is 0 Å². The van der Waals surface area contributed by atoms with E-state index in [1.807, 2.05) is 0 Å². The quantitative estimate of drug-likeness (QED) is 0.300. The van der Waals surface area contributed by atoms with E-state index in [0.29, 0.717) is 0 Å². The third kappa shape index (κ3) is 4.70. The first kappa shape index (κ1) is 14.3. The Morgan fingerprint density at radius 1 is 1.38 bits per heavy atom. The van der Waals surface area contributed by atoms with E-state index in [2.05, 4.69) is 16.4 Å². The summed E-state index contributed by atoms with van der Waals surface area (Å²) in [5.41, 5.74) is 0.0969. The summed E-state index contributed by atoms with van der Waals surface area (Å²) in [7, 11) is 0. The summed E-state index contributed by atoms with van der Waals surface area (Å²) >= 11 is 0. The number of rotatable bonds is 7. The van der Waals surface area contributed by atoms with E-state index < -0.39 is 30.1 Å². The highest BCUT2D eigenvalue weighted by Crippen LogP contribution is 2.12. The molecule has 0 fully saturated rings. The molecule has 0 aliphatic heterocycles. The van der Waals surface area contributed by atoms with Crippen LogP contribution in [-0.4, -0.2) is 29.4 Å². The van der Waals surface area contributed by atoms with Crippen LogP contribution in [0, 0.1) is 5.92 Å². The fourth-order valence-electron chi connectivity index (χ4n) is 0.930. The van der Waals surface area contributed by atoms with Crippen LogP contribution in [0.3, 0.4) is 0 Å². The number of hydrogen-bond acceptors (Lipinski definition) is 5. The van der Waals surface area contributed by atoms with Gasteiger partial charge in [-0.25, -0.2) is 4.79 Å². The molecule has 0 spiro atoms. The molecule has 0 aliphatic rings. The molecule has 0 aromatic rings. The molecule has 0 saturated carbocycles. The maximum Gasteiger partial charge on any atom is 0.353 e. The number of carboxylic acids is 1. The lowest BCUT2D eigenvalue weighted by molar-refractivity contribution is -0.272. The first-order valence-electron chi connectivity index (χ1n) is 4.65. The fourth-order valence-corrected chi connectivity index (χ4v) is 0.930. The zero-order chi connectivity index (χ0) is 12.7. The molecule has 0 aliphatic carbocycles. The van der Waals surface area contributed by atoms with Gasteiger partial charge in [0.1, 0.15) is 5.92 Å². The highest BCUT2D eigenvalue weighted by molar-refractivity contribution is 6.09. The van der Waals surface area contributed by atoms with Gasteiger partial charge < -0.3 is 5.11 Å². The van der Waals surface area contributed by atoms with Crippen molar-refractivity contribution in [1.29, 1.82) is 0 Å². The predicted molar refractivity (Wildman–Crippen MR) is 53.3 cm³/mol. The molecule has 0 radical (unpaired) electrons. The Kier molecular flexibility index (Phi) is 6.02. The molecule has 0 aromatic carbocycles. The largest absolute Gasteiger partial charge is 0.481 e. The Balaban J connectivity index is 4.65. The zero-order valence-electron chi connectivity index (χ0n) is 9.19. The van der Waals surface area contributed by atoms with Crippen LogP contribution >= 0.6 is 0 Å². The molecule has 90 valence electrons. The fraction of sp³-hybridized carbons (Fsp3) is 0.500. The van der Waals surface area contributed by atoms with Gasteiger partial charge in [0, 0.05) is 0 Å². The molecule has 1 atom stereocenters. The van der Waals surface area contributed by atoms with E-state index in [-0.39, 0.29) is 12.2 Å². The van der Waals surface area contributed by atoms with Crippen LogP contribution in [0.1, 0.15) is 20.3 Å². The maximum absolute atomic E-state index is 11.5. The minimum absolute atomic E-state index is 0.0969. The number of aliphatic carboxylic acids is 1. The molecule has 0 saturated heterocycles. The van der Waals surface area contributed by atoms with Crippen molar-refractivity contribution in [2.75, 3.05) is 6.61 Å². The summed E-state index contributed by atoms with van der Waals surface area (Å²) in [6.45, 7) is 6.45. The third-order valence-corrected chi connectivity index (χ3v) is 1.66. The van der Waals surface area contributed by atoms with Crippen LogP contribution in [0.15, 0.2) is 12.2 Å². The number of ketones is 1. The van der Waals surface area contributed by atoms with E-state index in [0.717, 1.165) is 0 Å². The summed E-state index contributed by atoms with van der Waals surface area (Å²) in [6.07, 6.45) is -0.641. The van der Waals surface area contributed by atoms with Crippen LogP contribution in [0.25, 0.3) is 0 Å². The average molecular weight is 230 g/mol. The summed E-state index contributed by atoms with van der Waals surface area (Å²) in [5, 5.41) is 8.56. The Morgan fingerprint density at radius 3 is 2.31 bits per heavy atom. The molecule has 0 amide bonds. The number of carboxylic acid groups (broad SMARTS) is 1. The van der Waals surface area contributed by atoms with Gasteiger partial charge >= 0.3 is 11.9 Å². The molecular weight excluding hydrogens is 216 g/mol. The second kappa shape index (κ2) is 6.73. The first-order chi connectivity index (χ1) is 7.40. The minimum Gasteiger partial charge on any atom is -0.481 e. The van der Waals surface area contributed by atoms with Crippen molar-refractivity contribution in [3.05, 3.63) is 12.2 Å². The van der Waals surface area contributed by atoms with Gasteiger partial charge in [-0.15, -0.1) is 0 Å². The molecule has 0 bridgehead atoms. The zero-order valence-corrected chi connectivity index (χ0v) is 9.19. The second-order valence-electron chi connectivity index (χ2n) is 3.10. The van der Waals surface area contributed by atoms with Crippen molar-refractivity contribution in [2.45, 2.75) is 20.3 Å². The number of carbonyl (C=O) groups is 3. The first-order valence-corrected chi connectivity index (χ1v) is 4.65. The van der Waals surface area contributed by atoms with Gasteiger partial charge in [0.15, 0.2) is 5.78 Å². The topological polar surface area (TPSA) is 89.9 Å². The van der Waals surface area contributed by atoms with Crippen LogP contribution in [0.2, 0.25) is 0 Å². The molecule has 16 heavy (non-hydrogen) atoms. The van der Waals surface area contributed by atoms with Gasteiger partial charge in [-0.2, -0.15) is 4.89 Å². The van der Waals surface area contributed by atoms with E-state index in [4.69, 9.17) is 5.11 Å². The highest BCUT2D eigenvalue weighted by atomic mass is 17.2. The van der Waals surface area contributed by atoms with Crippen LogP contribution in [0.5, 0.6) is 0 Å². The molecule has 0 rings (SSSR count). The van der Waals surface area contributed by atoms with Crippen LogP contribution < -0.4 is 0 Å². The van der Waals surface area contributed by atoms with Gasteiger partial charge in [0.2, 0.25) is 0 Å². The summed E-state index contributed by atoms with van der Waals surface area (Å²) in [4.78, 5) is 41.9. The van der Waals surface area contributed by atoms with Crippen molar-refractivity contribution in [3.63, 3.8) is 0 Å². The SMILES string of the molecule is C=C(C)C(=O)C(CC(=O)O)C(=O)OOCC. The Hall–Kier alpha value is -1.69. The number of carbonyl (C=O) groups excluding carboxylic acids is 2. The van der Waals surface area contributed by atoms with Crippen molar-refractivity contribution in [3.8, 4) is 0 Å². The molecule has 1 N–H and O–H groups in total. The maximum atomic E-state index is 11.5. The molecule has 6 nitrogen and oxygen atoms in total. The van der Waals surface area contributed by atoms with Crippen molar-refractivity contribution in [2.24, 2.45) is 5.92 Å². The summed E-state index contributed by atoms with van der Waals surface area (Å²) in [5.74, 6) is -4.35. The van der Waals surface area contributed by atoms with Gasteiger partial charge in [-0.1, -0.05) is 6.58 Å². The van der Waals surface area contributed by atoms with E-state index in [1.54, 1.807) is 6.92 Å². The molecular formula is C10H14O6. The highest BCUT2D eigenvalue weighted by Gasteiger charge is 2.31. The van der Waals surface area contributed by atoms with Crippen LogP contribution in [0.4, 0.5) is 0 Å². The lowest BCUT2D eigenvalue weighted by Crippen LogP contribution is -2.29. The Morgan fingerprint density at radius 2 is 1.94 bits per heavy atom. The standard InChI is InChI=1S/C10H14O6/c1-4-15-16-10(14)7(5-8(11)12)9(13)6(2)3/h7H,2,4-5H2,1,3H3,(H,11,12). The number of allylic oxidation sites excluding steroid dienone is 1. The second-order valence-corrected chi connectivity index (χ2v) is 3.10. The van der Waals surface area contributed by atoms with E-state index in [1.165, 1.54) is 6.92 Å². The minimum atomic E-state index is -1.40. The number of hydrogen-bond donors (Lipinski definition) is 1. The Bertz CT molecular complexity index is 306. The van der Waals surface area contributed by atoms with Crippen LogP contribution in [-0.2, 0) is 24.2 Å². The average Bonchev–Trinajstić information content (AvgIpc) is 2.21. The molecule has 0 heterocycles. The smallest absolute Gasteiger partial charge is 0.353 e. The van der Waals surface area contributed by atoms with Crippen molar-refractivity contribution in [1.82, 2.24) is 0 Å². The number of Topliss-reactive ketones (excluding diaryl/α,β-unsaturated/α-hetero) is 1. The van der Waals surface area contributed by atoms with Gasteiger partial charge in [0.05, 0.1) is 13.0 Å². The van der Waals surface area contributed by atoms with Crippen molar-refractivity contribution >= 4 is 17.7 Å². The monoisotopic (exact) mass is 230 g/mol. The molecule has 1 unspecified atom stereocenters. The lowest BCUT2D eigenvalue weighted by Gasteiger charge is -2.11. The summed E-state index contributed by atoms with van der Waals surface area (Å²) in [6, 6.07) is 0. The van der Waals surface area contributed by atoms with Gasteiger partial charge in [-0.3, -0.25) is 14.5 Å². The van der Waals surface area contributed by atoms with E-state index >= 15 is 0 Å². The summed E-state index contributed by atoms with van der Waals surface area (Å²) < 4.78 is 0. The predicted octanol–water partition coefficient (Wildman–Crippen LogP) is 0.717. The molecule has 6 heteroatoms. The van der Waals surface area contributed by atoms with Gasteiger partial charge in [-0.05, 0) is 19.4 Å². The normalized spacial score (nSPS) is 11.6. The van der Waals surface area contributed by atoms with E-state index in [9.17, 15) is 14.4 Å². The lowest BCUT2D eigenvalue weighted by atomic mass is 9.96. The molecule has 0 aromatic heterocycles. The third-order valence-electron chi connectivity index (χ3n) is 1.66. The van der Waals surface area contributed by atoms with Crippen molar-refractivity contribution < 1.29 is 29.3 Å². The Labute approximate surface area is 92.8 Å².